The van der Waals surface area contributed by atoms with Crippen LogP contribution in [-0.2, 0) is 13.0 Å². The number of alkyl halides is 1. The monoisotopic (exact) mass is 307 g/mol. The highest BCUT2D eigenvalue weighted by Gasteiger charge is 2.23. The number of methoxy groups -OCH3 is 1. The summed E-state index contributed by atoms with van der Waals surface area (Å²) < 4.78 is 7.77. The molecule has 3 rings (SSSR count). The quantitative estimate of drug-likeness (QED) is 0.796. The first-order chi connectivity index (χ1) is 10.2. The van der Waals surface area contributed by atoms with Gasteiger partial charge in [-0.3, -0.25) is 0 Å². The molecule has 2 heterocycles. The van der Waals surface area contributed by atoms with E-state index < -0.39 is 0 Å². The molecular weight excluding hydrogens is 286 g/mol. The number of nitrogens with zero attached hydrogens (tertiary/aromatic N) is 3. The third-order valence-corrected chi connectivity index (χ3v) is 4.61. The van der Waals surface area contributed by atoms with Gasteiger partial charge in [-0.1, -0.05) is 6.07 Å². The van der Waals surface area contributed by atoms with Crippen molar-refractivity contribution in [2.75, 3.05) is 26.6 Å². The first-order valence-electron chi connectivity index (χ1n) is 7.53. The fraction of sp³-hybridized carbons (Fsp3) is 0.562. The number of benzene rings is 1. The zero-order valence-electron chi connectivity index (χ0n) is 12.7. The Balaban J connectivity index is 2.03. The summed E-state index contributed by atoms with van der Waals surface area (Å²) in [5.41, 5.74) is 2.09. The smallest absolute Gasteiger partial charge is 0.146 e. The molecule has 1 aliphatic rings. The lowest BCUT2D eigenvalue weighted by molar-refractivity contribution is 0.282. The predicted octanol–water partition coefficient (Wildman–Crippen LogP) is 2.92. The van der Waals surface area contributed by atoms with Crippen LogP contribution in [0.2, 0.25) is 0 Å². The number of imidazole rings is 1. The summed E-state index contributed by atoms with van der Waals surface area (Å²) >= 11 is 5.96. The lowest BCUT2D eigenvalue weighted by Gasteiger charge is -2.21. The molecule has 1 unspecified atom stereocenters. The Labute approximate surface area is 130 Å². The van der Waals surface area contributed by atoms with Crippen molar-refractivity contribution in [3.63, 3.8) is 0 Å². The Hall–Kier alpha value is -1.26. The molecule has 1 aromatic heterocycles. The third kappa shape index (κ3) is 2.74. The van der Waals surface area contributed by atoms with E-state index in [-0.39, 0.29) is 0 Å². The molecule has 2 aromatic rings. The summed E-state index contributed by atoms with van der Waals surface area (Å²) in [6.45, 7) is 2.16. The van der Waals surface area contributed by atoms with E-state index in [1.54, 1.807) is 7.11 Å². The van der Waals surface area contributed by atoms with Crippen LogP contribution in [0.15, 0.2) is 18.2 Å². The van der Waals surface area contributed by atoms with Gasteiger partial charge in [0.05, 0.1) is 12.6 Å². The van der Waals surface area contributed by atoms with Gasteiger partial charge in [-0.05, 0) is 38.6 Å². The van der Waals surface area contributed by atoms with Crippen molar-refractivity contribution in [3.8, 4) is 5.75 Å². The van der Waals surface area contributed by atoms with Crippen LogP contribution in [0.5, 0.6) is 5.75 Å². The van der Waals surface area contributed by atoms with Crippen molar-refractivity contribution in [2.24, 2.45) is 0 Å². The van der Waals surface area contributed by atoms with Gasteiger partial charge in [-0.15, -0.1) is 11.6 Å². The van der Waals surface area contributed by atoms with Crippen molar-refractivity contribution in [3.05, 3.63) is 24.0 Å². The molecule has 114 valence electrons. The topological polar surface area (TPSA) is 30.3 Å². The van der Waals surface area contributed by atoms with E-state index in [4.69, 9.17) is 21.3 Å². The molecule has 4 nitrogen and oxygen atoms in total. The highest BCUT2D eigenvalue weighted by Crippen LogP contribution is 2.28. The van der Waals surface area contributed by atoms with E-state index in [0.717, 1.165) is 35.6 Å². The van der Waals surface area contributed by atoms with Gasteiger partial charge in [0, 0.05) is 24.9 Å². The number of hydrogen-bond donors (Lipinski definition) is 0. The number of para-hydroxylation sites is 1. The second-order valence-corrected chi connectivity index (χ2v) is 6.06. The number of aromatic nitrogens is 2. The molecule has 0 amide bonds. The Morgan fingerprint density at radius 2 is 2.29 bits per heavy atom. The minimum atomic E-state index is 0.586. The van der Waals surface area contributed by atoms with Crippen molar-refractivity contribution in [1.82, 2.24) is 14.5 Å². The highest BCUT2D eigenvalue weighted by atomic mass is 35.5. The van der Waals surface area contributed by atoms with Gasteiger partial charge in [0.2, 0.25) is 0 Å². The van der Waals surface area contributed by atoms with Crippen molar-refractivity contribution in [2.45, 2.75) is 31.8 Å². The van der Waals surface area contributed by atoms with Gasteiger partial charge in [0.1, 0.15) is 17.1 Å². The van der Waals surface area contributed by atoms with E-state index in [2.05, 4.69) is 22.6 Å². The lowest BCUT2D eigenvalue weighted by Crippen LogP contribution is -2.29. The van der Waals surface area contributed by atoms with Crippen LogP contribution in [0, 0.1) is 0 Å². The van der Waals surface area contributed by atoms with Crippen molar-refractivity contribution in [1.29, 1.82) is 0 Å². The highest BCUT2D eigenvalue weighted by molar-refractivity contribution is 6.17. The van der Waals surface area contributed by atoms with E-state index in [1.807, 2.05) is 12.1 Å². The lowest BCUT2D eigenvalue weighted by atomic mass is 10.2. The molecule has 5 heteroatoms. The average Bonchev–Trinajstić information content (AvgIpc) is 3.05. The van der Waals surface area contributed by atoms with Crippen LogP contribution in [0.1, 0.15) is 18.7 Å². The number of halogens is 1. The Bertz CT molecular complexity index is 625. The first-order valence-corrected chi connectivity index (χ1v) is 8.06. The molecule has 0 spiro atoms. The van der Waals surface area contributed by atoms with Crippen LogP contribution < -0.4 is 4.74 Å². The number of ether oxygens (including phenoxy) is 1. The van der Waals surface area contributed by atoms with Crippen molar-refractivity contribution >= 4 is 22.6 Å². The maximum atomic E-state index is 5.96. The van der Waals surface area contributed by atoms with E-state index in [9.17, 15) is 0 Å². The molecular formula is C16H22ClN3O. The molecule has 1 aliphatic heterocycles. The summed E-state index contributed by atoms with van der Waals surface area (Å²) in [7, 11) is 3.90. The molecule has 0 radical (unpaired) electrons. The average molecular weight is 308 g/mol. The Morgan fingerprint density at radius 1 is 1.43 bits per heavy atom. The number of hydrogen-bond acceptors (Lipinski definition) is 3. The zero-order valence-corrected chi connectivity index (χ0v) is 13.4. The molecule has 0 N–H and O–H groups in total. The zero-order chi connectivity index (χ0) is 14.8. The van der Waals surface area contributed by atoms with Crippen LogP contribution in [0.25, 0.3) is 11.0 Å². The van der Waals surface area contributed by atoms with Crippen LogP contribution in [0.4, 0.5) is 0 Å². The number of fused-ring (bicyclic) bond motifs is 1. The molecule has 21 heavy (non-hydrogen) atoms. The molecule has 1 aromatic carbocycles. The maximum absolute atomic E-state index is 5.96. The largest absolute Gasteiger partial charge is 0.494 e. The maximum Gasteiger partial charge on any atom is 0.146 e. The molecule has 1 fully saturated rings. The van der Waals surface area contributed by atoms with Crippen LogP contribution in [-0.4, -0.2) is 47.1 Å². The molecule has 1 atom stereocenters. The van der Waals surface area contributed by atoms with Gasteiger partial charge in [0.15, 0.2) is 0 Å². The standard InChI is InChI=1S/C16H22ClN3O/c1-19-10-4-5-12(19)11-20-13-6-3-7-14(21-2)16(13)18-15(20)8-9-17/h3,6-7,12H,4-5,8-11H2,1-2H3. The number of likely N-dealkylation sites (tertiary alicyclic amines) is 1. The normalized spacial score (nSPS) is 19.5. The molecule has 1 saturated heterocycles. The summed E-state index contributed by atoms with van der Waals surface area (Å²) in [5, 5.41) is 0. The summed E-state index contributed by atoms with van der Waals surface area (Å²) in [5.74, 6) is 2.48. The predicted molar refractivity (Wildman–Crippen MR) is 86.4 cm³/mol. The molecule has 0 saturated carbocycles. The van der Waals surface area contributed by atoms with Gasteiger partial charge in [-0.2, -0.15) is 0 Å². The Morgan fingerprint density at radius 3 is 2.95 bits per heavy atom. The fourth-order valence-electron chi connectivity index (χ4n) is 3.23. The van der Waals surface area contributed by atoms with Crippen LogP contribution in [0.3, 0.4) is 0 Å². The Kier molecular flexibility index (Phi) is 4.36. The van der Waals surface area contributed by atoms with E-state index in [0.29, 0.717) is 11.9 Å². The van der Waals surface area contributed by atoms with Crippen molar-refractivity contribution < 1.29 is 4.74 Å². The molecule has 0 bridgehead atoms. The number of rotatable bonds is 5. The third-order valence-electron chi connectivity index (χ3n) is 4.42. The number of likely N-dealkylation sites (N-methyl/N-ethyl adjacent to an activating group) is 1. The summed E-state index contributed by atoms with van der Waals surface area (Å²) in [6, 6.07) is 6.70. The van der Waals surface area contributed by atoms with Crippen LogP contribution >= 0.6 is 11.6 Å². The number of aryl methyl sites for hydroxylation is 1. The first kappa shape index (κ1) is 14.7. The molecule has 0 aliphatic carbocycles. The summed E-state index contributed by atoms with van der Waals surface area (Å²) in [6.07, 6.45) is 3.32. The second-order valence-electron chi connectivity index (χ2n) is 5.68. The van der Waals surface area contributed by atoms with Gasteiger partial charge in [0.25, 0.3) is 0 Å². The minimum Gasteiger partial charge on any atom is -0.494 e. The minimum absolute atomic E-state index is 0.586. The van der Waals surface area contributed by atoms with Gasteiger partial charge in [-0.25, -0.2) is 4.98 Å². The SMILES string of the molecule is COc1cccc2c1nc(CCCl)n2CC1CCCN1C. The fourth-order valence-corrected chi connectivity index (χ4v) is 3.40. The summed E-state index contributed by atoms with van der Waals surface area (Å²) in [4.78, 5) is 7.22. The van der Waals surface area contributed by atoms with Gasteiger partial charge < -0.3 is 14.2 Å². The second kappa shape index (κ2) is 6.24. The van der Waals surface area contributed by atoms with Gasteiger partial charge >= 0.3 is 0 Å². The van der Waals surface area contributed by atoms with E-state index in [1.165, 1.54) is 19.4 Å². The van der Waals surface area contributed by atoms with E-state index >= 15 is 0 Å².